The van der Waals surface area contributed by atoms with Gasteiger partial charge in [-0.25, -0.2) is 4.39 Å². The molecule has 0 spiro atoms. The van der Waals surface area contributed by atoms with Gasteiger partial charge in [0.2, 0.25) is 0 Å². The molecule has 1 saturated heterocycles. The summed E-state index contributed by atoms with van der Waals surface area (Å²) < 4.78 is 57.0. The van der Waals surface area contributed by atoms with E-state index in [-0.39, 0.29) is 22.7 Å². The van der Waals surface area contributed by atoms with Gasteiger partial charge in [0.05, 0.1) is 29.1 Å². The number of amides is 1. The maximum atomic E-state index is 15.2. The number of nitrogens with zero attached hydrogens (tertiary/aromatic N) is 3. The van der Waals surface area contributed by atoms with E-state index in [1.54, 1.807) is 26.2 Å². The van der Waals surface area contributed by atoms with Gasteiger partial charge in [0, 0.05) is 30.4 Å². The second kappa shape index (κ2) is 10.5. The Morgan fingerprint density at radius 1 is 1.16 bits per heavy atom. The number of piperidine rings is 1. The van der Waals surface area contributed by atoms with Crippen molar-refractivity contribution in [3.05, 3.63) is 70.8 Å². The van der Waals surface area contributed by atoms with Crippen LogP contribution in [0.3, 0.4) is 0 Å². The van der Waals surface area contributed by atoms with E-state index in [9.17, 15) is 18.0 Å². The van der Waals surface area contributed by atoms with Crippen molar-refractivity contribution < 1.29 is 22.4 Å². The van der Waals surface area contributed by atoms with Crippen LogP contribution in [0.2, 0.25) is 0 Å². The van der Waals surface area contributed by atoms with Gasteiger partial charge in [0.1, 0.15) is 5.82 Å². The minimum absolute atomic E-state index is 0.0580. The van der Waals surface area contributed by atoms with E-state index in [1.807, 2.05) is 7.05 Å². The summed E-state index contributed by atoms with van der Waals surface area (Å²) >= 11 is 0. The molecule has 0 saturated carbocycles. The molecule has 1 atom stereocenters. The molecule has 0 aliphatic carbocycles. The Bertz CT molecular complexity index is 1280. The molecule has 3 aromatic rings. The molecule has 6 nitrogen and oxygen atoms in total. The lowest BCUT2D eigenvalue weighted by Gasteiger charge is -2.31. The second-order valence-electron chi connectivity index (χ2n) is 9.71. The van der Waals surface area contributed by atoms with Gasteiger partial charge in [-0.1, -0.05) is 12.1 Å². The van der Waals surface area contributed by atoms with Crippen molar-refractivity contribution in [1.29, 1.82) is 0 Å². The number of carbonyl (C=O) groups is 1. The molecule has 0 unspecified atom stereocenters. The molecule has 198 valence electrons. The zero-order chi connectivity index (χ0) is 26.9. The first-order valence-electron chi connectivity index (χ1n) is 12.2. The molecule has 1 fully saturated rings. The summed E-state index contributed by atoms with van der Waals surface area (Å²) in [5, 5.41) is 10.2. The quantitative estimate of drug-likeness (QED) is 0.421. The molecule has 4 rings (SSSR count). The minimum Gasteiger partial charge on any atom is -0.381 e. The Hall–Kier alpha value is -3.40. The van der Waals surface area contributed by atoms with E-state index >= 15 is 4.39 Å². The summed E-state index contributed by atoms with van der Waals surface area (Å²) in [5.74, 6) is -1.01. The standard InChI is InChI=1S/C27H31F4N5O/c1-16-20(6-5-7-23(16)27(29,30)31)17(2)33-26(37)22-12-21(18-14-32-36(4)15-18)24(28)13-25(22)34-19-8-10-35(3)11-9-19/h5-7,12-15,17,19,34H,8-11H2,1-4H3,(H,33,37)/t17-/m1/s1. The van der Waals surface area contributed by atoms with Crippen molar-refractivity contribution in [2.45, 2.75) is 44.9 Å². The summed E-state index contributed by atoms with van der Waals surface area (Å²) in [7, 11) is 3.75. The number of hydrogen-bond acceptors (Lipinski definition) is 4. The van der Waals surface area contributed by atoms with Crippen LogP contribution in [0, 0.1) is 12.7 Å². The highest BCUT2D eigenvalue weighted by molar-refractivity contribution is 6.01. The SMILES string of the molecule is Cc1c([C@@H](C)NC(=O)c2cc(-c3cnn(C)c3)c(F)cc2NC2CCN(C)CC2)cccc1C(F)(F)F. The maximum Gasteiger partial charge on any atom is 0.416 e. The molecule has 1 aliphatic heterocycles. The summed E-state index contributed by atoms with van der Waals surface area (Å²) in [6.45, 7) is 4.78. The molecule has 10 heteroatoms. The average Bonchev–Trinajstić information content (AvgIpc) is 3.25. The van der Waals surface area contributed by atoms with Crippen LogP contribution >= 0.6 is 0 Å². The van der Waals surface area contributed by atoms with E-state index in [1.165, 1.54) is 36.0 Å². The Kier molecular flexibility index (Phi) is 7.59. The molecule has 1 amide bonds. The summed E-state index contributed by atoms with van der Waals surface area (Å²) in [6.07, 6.45) is 0.342. The fourth-order valence-electron chi connectivity index (χ4n) is 4.82. The molecule has 1 aromatic heterocycles. The lowest BCUT2D eigenvalue weighted by atomic mass is 9.96. The number of hydrogen-bond donors (Lipinski definition) is 2. The number of aryl methyl sites for hydroxylation is 1. The molecule has 0 bridgehead atoms. The number of rotatable bonds is 6. The summed E-state index contributed by atoms with van der Waals surface area (Å²) in [4.78, 5) is 15.7. The van der Waals surface area contributed by atoms with Crippen LogP contribution in [-0.2, 0) is 13.2 Å². The largest absolute Gasteiger partial charge is 0.416 e. The predicted molar refractivity (Wildman–Crippen MR) is 135 cm³/mol. The van der Waals surface area contributed by atoms with E-state index in [2.05, 4.69) is 20.6 Å². The van der Waals surface area contributed by atoms with Gasteiger partial charge in [-0.3, -0.25) is 9.48 Å². The molecule has 37 heavy (non-hydrogen) atoms. The smallest absolute Gasteiger partial charge is 0.381 e. The third-order valence-corrected chi connectivity index (χ3v) is 6.94. The molecular formula is C27H31F4N5O. The second-order valence-corrected chi connectivity index (χ2v) is 9.71. The highest BCUT2D eigenvalue weighted by Crippen LogP contribution is 2.35. The molecule has 2 N–H and O–H groups in total. The Labute approximate surface area is 213 Å². The van der Waals surface area contributed by atoms with E-state index < -0.39 is 29.5 Å². The Morgan fingerprint density at radius 3 is 2.49 bits per heavy atom. The van der Waals surface area contributed by atoms with Crippen LogP contribution in [-0.4, -0.2) is 46.8 Å². The number of carbonyl (C=O) groups excluding carboxylic acids is 1. The van der Waals surface area contributed by atoms with Gasteiger partial charge in [0.25, 0.3) is 5.91 Å². The van der Waals surface area contributed by atoms with Crippen LogP contribution in [0.1, 0.15) is 52.9 Å². The number of alkyl halides is 3. The van der Waals surface area contributed by atoms with Crippen molar-refractivity contribution in [1.82, 2.24) is 20.0 Å². The number of anilines is 1. The monoisotopic (exact) mass is 517 g/mol. The highest BCUT2D eigenvalue weighted by atomic mass is 19.4. The first-order chi connectivity index (χ1) is 17.4. The van der Waals surface area contributed by atoms with Gasteiger partial charge >= 0.3 is 6.18 Å². The van der Waals surface area contributed by atoms with Gasteiger partial charge in [-0.05, 0) is 76.2 Å². The number of benzene rings is 2. The highest BCUT2D eigenvalue weighted by Gasteiger charge is 2.33. The van der Waals surface area contributed by atoms with Crippen LogP contribution < -0.4 is 10.6 Å². The van der Waals surface area contributed by atoms with Crippen LogP contribution in [0.4, 0.5) is 23.2 Å². The maximum absolute atomic E-state index is 15.2. The lowest BCUT2D eigenvalue weighted by Crippen LogP contribution is -2.37. The van der Waals surface area contributed by atoms with Gasteiger partial charge in [-0.15, -0.1) is 0 Å². The summed E-state index contributed by atoms with van der Waals surface area (Å²) in [6, 6.07) is 6.07. The number of likely N-dealkylation sites (tertiary alicyclic amines) is 1. The summed E-state index contributed by atoms with van der Waals surface area (Å²) in [5.41, 5.74) is 0.985. The topological polar surface area (TPSA) is 62.2 Å². The zero-order valence-electron chi connectivity index (χ0n) is 21.3. The molecule has 2 aromatic carbocycles. The fourth-order valence-corrected chi connectivity index (χ4v) is 4.82. The van der Waals surface area contributed by atoms with Gasteiger partial charge in [0.15, 0.2) is 0 Å². The number of nitrogens with one attached hydrogen (secondary N) is 2. The van der Waals surface area contributed by atoms with Crippen molar-refractivity contribution in [2.75, 3.05) is 25.5 Å². The zero-order valence-corrected chi connectivity index (χ0v) is 21.3. The van der Waals surface area contributed by atoms with E-state index in [0.29, 0.717) is 16.8 Å². The molecule has 0 radical (unpaired) electrons. The molecule has 1 aliphatic rings. The normalized spacial score (nSPS) is 16.0. The van der Waals surface area contributed by atoms with E-state index in [0.717, 1.165) is 32.0 Å². The van der Waals surface area contributed by atoms with Gasteiger partial charge < -0.3 is 15.5 Å². The fraction of sp³-hybridized carbons (Fsp3) is 0.407. The Balaban J connectivity index is 1.67. The first-order valence-corrected chi connectivity index (χ1v) is 12.2. The predicted octanol–water partition coefficient (Wildman–Crippen LogP) is 5.55. The van der Waals surface area contributed by atoms with Crippen molar-refractivity contribution in [2.24, 2.45) is 7.05 Å². The lowest BCUT2D eigenvalue weighted by molar-refractivity contribution is -0.138. The molecule has 2 heterocycles. The average molecular weight is 518 g/mol. The minimum atomic E-state index is -4.50. The number of halogens is 4. The van der Waals surface area contributed by atoms with Crippen LogP contribution in [0.25, 0.3) is 11.1 Å². The van der Waals surface area contributed by atoms with E-state index in [4.69, 9.17) is 0 Å². The van der Waals surface area contributed by atoms with Crippen LogP contribution in [0.5, 0.6) is 0 Å². The first kappa shape index (κ1) is 26.7. The van der Waals surface area contributed by atoms with Crippen molar-refractivity contribution >= 4 is 11.6 Å². The number of aromatic nitrogens is 2. The Morgan fingerprint density at radius 2 is 1.86 bits per heavy atom. The third kappa shape index (κ3) is 5.95. The van der Waals surface area contributed by atoms with Gasteiger partial charge in [-0.2, -0.15) is 18.3 Å². The van der Waals surface area contributed by atoms with Crippen molar-refractivity contribution in [3.8, 4) is 11.1 Å². The van der Waals surface area contributed by atoms with Crippen LogP contribution in [0.15, 0.2) is 42.7 Å². The third-order valence-electron chi connectivity index (χ3n) is 6.94. The van der Waals surface area contributed by atoms with Crippen molar-refractivity contribution in [3.63, 3.8) is 0 Å². The molecular weight excluding hydrogens is 486 g/mol.